The number of carbonyl (C=O) groups is 1. The van der Waals surface area contributed by atoms with Gasteiger partial charge in [-0.25, -0.2) is 0 Å². The van der Waals surface area contributed by atoms with Crippen molar-refractivity contribution in [1.29, 1.82) is 0 Å². The van der Waals surface area contributed by atoms with Crippen molar-refractivity contribution in [3.63, 3.8) is 0 Å². The molecule has 1 heterocycles. The molecule has 1 aromatic rings. The van der Waals surface area contributed by atoms with Crippen LogP contribution in [0.3, 0.4) is 0 Å². The van der Waals surface area contributed by atoms with Crippen molar-refractivity contribution in [3.05, 3.63) is 34.9 Å². The molecule has 0 saturated carbocycles. The van der Waals surface area contributed by atoms with E-state index >= 15 is 0 Å². The highest BCUT2D eigenvalue weighted by molar-refractivity contribution is 6.65. The molecule has 0 radical (unpaired) electrons. The summed E-state index contributed by atoms with van der Waals surface area (Å²) in [4.78, 5) is 11.8. The highest BCUT2D eigenvalue weighted by Gasteiger charge is 2.52. The third-order valence-corrected chi connectivity index (χ3v) is 4.81. The number of halogens is 1. The van der Waals surface area contributed by atoms with Gasteiger partial charge < -0.3 is 14.6 Å². The van der Waals surface area contributed by atoms with Crippen LogP contribution in [0.1, 0.15) is 40.2 Å². The minimum Gasteiger partial charge on any atom is -0.399 e. The molecule has 1 amide bonds. The van der Waals surface area contributed by atoms with Gasteiger partial charge in [-0.15, -0.1) is 0 Å². The van der Waals surface area contributed by atoms with E-state index in [2.05, 4.69) is 11.9 Å². The summed E-state index contributed by atoms with van der Waals surface area (Å²) in [5.74, 6) is -0.229. The average Bonchev–Trinajstić information content (AvgIpc) is 2.62. The van der Waals surface area contributed by atoms with Gasteiger partial charge in [0.15, 0.2) is 0 Å². The van der Waals surface area contributed by atoms with Crippen molar-refractivity contribution >= 4 is 35.8 Å². The molecule has 1 aliphatic rings. The quantitative estimate of drug-likeness (QED) is 0.680. The van der Waals surface area contributed by atoms with E-state index in [1.807, 2.05) is 40.7 Å². The van der Waals surface area contributed by atoms with Crippen molar-refractivity contribution in [2.24, 2.45) is 0 Å². The number of anilines is 1. The SMILES string of the molecule is C=C(C)C(=O)Nc1cc(Cl)c(B2OC(C)(C)C(C)(C)O2)cc1C. The second-order valence-electron chi connectivity index (χ2n) is 7.01. The Morgan fingerprint density at radius 1 is 1.22 bits per heavy atom. The van der Waals surface area contributed by atoms with Crippen molar-refractivity contribution < 1.29 is 14.1 Å². The maximum absolute atomic E-state index is 11.8. The monoisotopic (exact) mass is 335 g/mol. The van der Waals surface area contributed by atoms with Gasteiger partial charge in [-0.05, 0) is 53.2 Å². The molecule has 0 unspecified atom stereocenters. The number of carbonyl (C=O) groups excluding carboxylic acids is 1. The zero-order chi connectivity index (χ0) is 17.6. The predicted molar refractivity (Wildman–Crippen MR) is 95.3 cm³/mol. The van der Waals surface area contributed by atoms with Crippen molar-refractivity contribution in [2.45, 2.75) is 52.7 Å². The minimum atomic E-state index is -0.530. The molecule has 4 nitrogen and oxygen atoms in total. The molecule has 1 saturated heterocycles. The third-order valence-electron chi connectivity index (χ3n) is 4.49. The van der Waals surface area contributed by atoms with E-state index in [0.29, 0.717) is 16.3 Å². The lowest BCUT2D eigenvalue weighted by atomic mass is 9.78. The Morgan fingerprint density at radius 3 is 2.22 bits per heavy atom. The summed E-state index contributed by atoms with van der Waals surface area (Å²) in [5.41, 5.74) is 1.88. The first-order chi connectivity index (χ1) is 10.4. The van der Waals surface area contributed by atoms with Crippen LogP contribution in [0, 0.1) is 6.92 Å². The largest absolute Gasteiger partial charge is 0.496 e. The van der Waals surface area contributed by atoms with Gasteiger partial charge in [0.2, 0.25) is 0 Å². The molecule has 1 aromatic carbocycles. The zero-order valence-electron chi connectivity index (χ0n) is 14.5. The van der Waals surface area contributed by atoms with E-state index in [1.165, 1.54) is 0 Å². The summed E-state index contributed by atoms with van der Waals surface area (Å²) in [5, 5.41) is 3.29. The number of aryl methyl sites for hydroxylation is 1. The summed E-state index contributed by atoms with van der Waals surface area (Å²) >= 11 is 6.40. The van der Waals surface area contributed by atoms with Crippen molar-refractivity contribution in [3.8, 4) is 0 Å². The molecule has 23 heavy (non-hydrogen) atoms. The Labute approximate surface area is 143 Å². The first-order valence-electron chi connectivity index (χ1n) is 7.57. The highest BCUT2D eigenvalue weighted by Crippen LogP contribution is 2.37. The molecule has 6 heteroatoms. The van der Waals surface area contributed by atoms with Crippen LogP contribution in [0.5, 0.6) is 0 Å². The molecule has 1 fully saturated rings. The first kappa shape index (κ1) is 18.0. The van der Waals surface area contributed by atoms with Crippen LogP contribution in [0.15, 0.2) is 24.3 Å². The Morgan fingerprint density at radius 2 is 1.74 bits per heavy atom. The maximum atomic E-state index is 11.8. The molecule has 2 rings (SSSR count). The maximum Gasteiger partial charge on any atom is 0.496 e. The molecule has 0 bridgehead atoms. The lowest BCUT2D eigenvalue weighted by Crippen LogP contribution is -2.41. The van der Waals surface area contributed by atoms with Gasteiger partial charge in [0.25, 0.3) is 5.91 Å². The van der Waals surface area contributed by atoms with E-state index in [-0.39, 0.29) is 5.91 Å². The van der Waals surface area contributed by atoms with E-state index in [1.54, 1.807) is 13.0 Å². The van der Waals surface area contributed by atoms with Gasteiger partial charge in [-0.2, -0.15) is 0 Å². The van der Waals surface area contributed by atoms with Gasteiger partial charge in [-0.3, -0.25) is 4.79 Å². The van der Waals surface area contributed by atoms with Crippen LogP contribution < -0.4 is 10.8 Å². The molecule has 1 aliphatic heterocycles. The molecule has 0 atom stereocenters. The standard InChI is InChI=1S/C17H23BClNO3/c1-10(2)15(21)20-14-9-13(19)12(8-11(14)3)18-22-16(4,5)17(6,7)23-18/h8-9H,1H2,2-7H3,(H,20,21). The predicted octanol–water partition coefficient (Wildman–Crippen LogP) is 3.46. The number of amides is 1. The summed E-state index contributed by atoms with van der Waals surface area (Å²) < 4.78 is 12.1. The van der Waals surface area contributed by atoms with Crippen LogP contribution in [0.25, 0.3) is 0 Å². The van der Waals surface area contributed by atoms with Crippen LogP contribution in [-0.2, 0) is 14.1 Å². The second kappa shape index (κ2) is 5.97. The second-order valence-corrected chi connectivity index (χ2v) is 7.42. The van der Waals surface area contributed by atoms with Gasteiger partial charge in [0, 0.05) is 21.7 Å². The smallest absolute Gasteiger partial charge is 0.399 e. The van der Waals surface area contributed by atoms with Crippen LogP contribution in [0.2, 0.25) is 5.02 Å². The lowest BCUT2D eigenvalue weighted by Gasteiger charge is -2.32. The number of nitrogens with one attached hydrogen (secondary N) is 1. The first-order valence-corrected chi connectivity index (χ1v) is 7.95. The van der Waals surface area contributed by atoms with Crippen LogP contribution >= 0.6 is 11.6 Å². The molecular weight excluding hydrogens is 312 g/mol. The van der Waals surface area contributed by atoms with Crippen molar-refractivity contribution in [2.75, 3.05) is 5.32 Å². The fourth-order valence-electron chi connectivity index (χ4n) is 2.22. The summed E-state index contributed by atoms with van der Waals surface area (Å²) in [6.45, 7) is 15.2. The molecule has 0 aliphatic carbocycles. The van der Waals surface area contributed by atoms with E-state index < -0.39 is 18.3 Å². The Hall–Kier alpha value is -1.30. The van der Waals surface area contributed by atoms with Gasteiger partial charge in [-0.1, -0.05) is 24.2 Å². The molecule has 0 aromatic heterocycles. The molecule has 124 valence electrons. The Bertz CT molecular complexity index is 654. The zero-order valence-corrected chi connectivity index (χ0v) is 15.3. The summed E-state index contributed by atoms with van der Waals surface area (Å²) in [6.07, 6.45) is 0. The molecule has 0 spiro atoms. The number of hydrogen-bond donors (Lipinski definition) is 1. The van der Waals surface area contributed by atoms with Crippen molar-refractivity contribution in [1.82, 2.24) is 0 Å². The van der Waals surface area contributed by atoms with Crippen LogP contribution in [-0.4, -0.2) is 24.2 Å². The topological polar surface area (TPSA) is 47.6 Å². The van der Waals surface area contributed by atoms with E-state index in [0.717, 1.165) is 11.0 Å². The van der Waals surface area contributed by atoms with E-state index in [9.17, 15) is 4.79 Å². The van der Waals surface area contributed by atoms with Gasteiger partial charge >= 0.3 is 7.12 Å². The average molecular weight is 336 g/mol. The summed E-state index contributed by atoms with van der Waals surface area (Å²) in [7, 11) is -0.530. The Kier molecular flexibility index (Phi) is 4.68. The normalized spacial score (nSPS) is 18.8. The highest BCUT2D eigenvalue weighted by atomic mass is 35.5. The van der Waals surface area contributed by atoms with Gasteiger partial charge in [0.05, 0.1) is 11.2 Å². The lowest BCUT2D eigenvalue weighted by molar-refractivity contribution is -0.112. The van der Waals surface area contributed by atoms with E-state index in [4.69, 9.17) is 20.9 Å². The fourth-order valence-corrected chi connectivity index (χ4v) is 2.47. The van der Waals surface area contributed by atoms with Crippen LogP contribution in [0.4, 0.5) is 5.69 Å². The summed E-state index contributed by atoms with van der Waals surface area (Å²) in [6, 6.07) is 3.61. The number of benzene rings is 1. The molecule has 1 N–H and O–H groups in total. The minimum absolute atomic E-state index is 0.229. The Balaban J connectivity index is 2.31. The fraction of sp³-hybridized carbons (Fsp3) is 0.471. The number of rotatable bonds is 3. The third kappa shape index (κ3) is 3.47. The van der Waals surface area contributed by atoms with Gasteiger partial charge in [0.1, 0.15) is 0 Å². The number of hydrogen-bond acceptors (Lipinski definition) is 3. The molecular formula is C17H23BClNO3.